The molecule has 80 valence electrons. The van der Waals surface area contributed by atoms with Crippen molar-refractivity contribution in [3.05, 3.63) is 42.5 Å². The molecule has 0 aliphatic rings. The van der Waals surface area contributed by atoms with Crippen LogP contribution in [0.2, 0.25) is 0 Å². The summed E-state index contributed by atoms with van der Waals surface area (Å²) in [7, 11) is 0. The Hall–Kier alpha value is -1.77. The molecule has 1 rings (SSSR count). The quantitative estimate of drug-likeness (QED) is 0.719. The number of amides is 1. The maximum atomic E-state index is 10.8. The van der Waals surface area contributed by atoms with Gasteiger partial charge < -0.3 is 10.6 Å². The second-order valence-corrected chi connectivity index (χ2v) is 3.24. The molecular weight excluding hydrogens is 188 g/mol. The van der Waals surface area contributed by atoms with E-state index in [1.54, 1.807) is 6.08 Å². The highest BCUT2D eigenvalue weighted by Gasteiger charge is 2.00. The Labute approximate surface area is 90.2 Å². The van der Waals surface area contributed by atoms with Gasteiger partial charge in [0.1, 0.15) is 0 Å². The van der Waals surface area contributed by atoms with Crippen LogP contribution in [-0.4, -0.2) is 12.5 Å². The molecule has 0 spiro atoms. The molecule has 1 amide bonds. The van der Waals surface area contributed by atoms with Crippen LogP contribution in [-0.2, 0) is 11.3 Å². The third kappa shape index (κ3) is 3.85. The minimum absolute atomic E-state index is 0.0199. The van der Waals surface area contributed by atoms with Crippen molar-refractivity contribution in [2.45, 2.75) is 13.5 Å². The van der Waals surface area contributed by atoms with Crippen molar-refractivity contribution in [1.29, 1.82) is 0 Å². The number of benzene rings is 1. The molecule has 3 nitrogen and oxygen atoms in total. The van der Waals surface area contributed by atoms with E-state index in [-0.39, 0.29) is 5.91 Å². The number of carbonyl (C=O) groups excluding carboxylic acids is 1. The van der Waals surface area contributed by atoms with Crippen molar-refractivity contribution in [3.63, 3.8) is 0 Å². The largest absolute Gasteiger partial charge is 0.381 e. The zero-order chi connectivity index (χ0) is 11.1. The average molecular weight is 204 g/mol. The summed E-state index contributed by atoms with van der Waals surface area (Å²) in [5.41, 5.74) is 2.11. The predicted molar refractivity (Wildman–Crippen MR) is 62.6 cm³/mol. The molecule has 0 radical (unpaired) electrons. The van der Waals surface area contributed by atoms with Crippen LogP contribution in [0.4, 0.5) is 5.69 Å². The first-order valence-corrected chi connectivity index (χ1v) is 4.91. The van der Waals surface area contributed by atoms with Crippen molar-refractivity contribution < 1.29 is 4.79 Å². The standard InChI is InChI=1S/C12H16N2O/c1-3-8-13-12-7-5-4-6-11(12)9-14-10(2)15/h3-7,13H,1,8-9H2,2H3,(H,14,15). The molecule has 0 aliphatic carbocycles. The van der Waals surface area contributed by atoms with Crippen LogP contribution in [0.1, 0.15) is 12.5 Å². The summed E-state index contributed by atoms with van der Waals surface area (Å²) < 4.78 is 0. The van der Waals surface area contributed by atoms with Gasteiger partial charge in [-0.15, -0.1) is 6.58 Å². The van der Waals surface area contributed by atoms with Gasteiger partial charge in [-0.3, -0.25) is 4.79 Å². The van der Waals surface area contributed by atoms with E-state index in [4.69, 9.17) is 0 Å². The summed E-state index contributed by atoms with van der Waals surface area (Å²) in [5.74, 6) is -0.0199. The van der Waals surface area contributed by atoms with E-state index in [1.807, 2.05) is 24.3 Å². The van der Waals surface area contributed by atoms with Crippen molar-refractivity contribution >= 4 is 11.6 Å². The zero-order valence-electron chi connectivity index (χ0n) is 8.92. The van der Waals surface area contributed by atoms with Gasteiger partial charge in [0.2, 0.25) is 5.91 Å². The van der Waals surface area contributed by atoms with Crippen molar-refractivity contribution in [3.8, 4) is 0 Å². The Bertz CT molecular complexity index is 347. The molecular formula is C12H16N2O. The van der Waals surface area contributed by atoms with Crippen molar-refractivity contribution in [1.82, 2.24) is 5.32 Å². The predicted octanol–water partition coefficient (Wildman–Crippen LogP) is 1.92. The molecule has 2 N–H and O–H groups in total. The Balaban J connectivity index is 2.67. The summed E-state index contributed by atoms with van der Waals surface area (Å²) in [5, 5.41) is 5.99. The van der Waals surface area contributed by atoms with Gasteiger partial charge >= 0.3 is 0 Å². The highest BCUT2D eigenvalue weighted by Crippen LogP contribution is 2.14. The van der Waals surface area contributed by atoms with E-state index >= 15 is 0 Å². The zero-order valence-corrected chi connectivity index (χ0v) is 8.92. The Morgan fingerprint density at radius 1 is 1.47 bits per heavy atom. The van der Waals surface area contributed by atoms with E-state index < -0.39 is 0 Å². The van der Waals surface area contributed by atoms with E-state index in [0.29, 0.717) is 6.54 Å². The highest BCUT2D eigenvalue weighted by atomic mass is 16.1. The normalized spacial score (nSPS) is 9.40. The van der Waals surface area contributed by atoms with Gasteiger partial charge in [0.05, 0.1) is 0 Å². The molecule has 1 aromatic carbocycles. The lowest BCUT2D eigenvalue weighted by atomic mass is 10.1. The number of hydrogen-bond donors (Lipinski definition) is 2. The van der Waals surface area contributed by atoms with Crippen molar-refractivity contribution in [2.75, 3.05) is 11.9 Å². The fraction of sp³-hybridized carbons (Fsp3) is 0.250. The first-order valence-electron chi connectivity index (χ1n) is 4.91. The third-order valence-corrected chi connectivity index (χ3v) is 1.98. The summed E-state index contributed by atoms with van der Waals surface area (Å²) in [6.07, 6.45) is 1.80. The van der Waals surface area contributed by atoms with Crippen LogP contribution in [0.25, 0.3) is 0 Å². The Morgan fingerprint density at radius 2 is 2.20 bits per heavy atom. The molecule has 0 fully saturated rings. The smallest absolute Gasteiger partial charge is 0.217 e. The molecule has 15 heavy (non-hydrogen) atoms. The number of rotatable bonds is 5. The second kappa shape index (κ2) is 5.86. The maximum Gasteiger partial charge on any atom is 0.217 e. The van der Waals surface area contributed by atoms with Gasteiger partial charge in [0, 0.05) is 25.7 Å². The molecule has 0 atom stereocenters. The molecule has 3 heteroatoms. The van der Waals surface area contributed by atoms with E-state index in [2.05, 4.69) is 17.2 Å². The SMILES string of the molecule is C=CCNc1ccccc1CNC(C)=O. The topological polar surface area (TPSA) is 41.1 Å². The highest BCUT2D eigenvalue weighted by molar-refractivity contribution is 5.73. The summed E-state index contributed by atoms with van der Waals surface area (Å²) in [6, 6.07) is 7.89. The third-order valence-electron chi connectivity index (χ3n) is 1.98. The van der Waals surface area contributed by atoms with Gasteiger partial charge in [-0.1, -0.05) is 24.3 Å². The van der Waals surface area contributed by atoms with Gasteiger partial charge in [0.25, 0.3) is 0 Å². The van der Waals surface area contributed by atoms with Crippen LogP contribution in [0.15, 0.2) is 36.9 Å². The van der Waals surface area contributed by atoms with Crippen LogP contribution in [0, 0.1) is 0 Å². The van der Waals surface area contributed by atoms with E-state index in [9.17, 15) is 4.79 Å². The van der Waals surface area contributed by atoms with Gasteiger partial charge in [-0.25, -0.2) is 0 Å². The minimum Gasteiger partial charge on any atom is -0.381 e. The molecule has 0 unspecified atom stereocenters. The summed E-state index contributed by atoms with van der Waals surface area (Å²) >= 11 is 0. The minimum atomic E-state index is -0.0199. The van der Waals surface area contributed by atoms with Crippen LogP contribution in [0.5, 0.6) is 0 Å². The number of nitrogens with one attached hydrogen (secondary N) is 2. The van der Waals surface area contributed by atoms with Crippen molar-refractivity contribution in [2.24, 2.45) is 0 Å². The lowest BCUT2D eigenvalue weighted by Crippen LogP contribution is -2.19. The van der Waals surface area contributed by atoms with E-state index in [0.717, 1.165) is 17.8 Å². The number of para-hydroxylation sites is 1. The molecule has 0 bridgehead atoms. The molecule has 0 saturated carbocycles. The fourth-order valence-corrected chi connectivity index (χ4v) is 1.25. The second-order valence-electron chi connectivity index (χ2n) is 3.24. The molecule has 0 aromatic heterocycles. The number of hydrogen-bond acceptors (Lipinski definition) is 2. The summed E-state index contributed by atoms with van der Waals surface area (Å²) in [4.78, 5) is 10.8. The fourth-order valence-electron chi connectivity index (χ4n) is 1.25. The molecule has 1 aromatic rings. The number of anilines is 1. The Morgan fingerprint density at radius 3 is 2.87 bits per heavy atom. The van der Waals surface area contributed by atoms with Gasteiger partial charge in [-0.2, -0.15) is 0 Å². The molecule has 0 saturated heterocycles. The van der Waals surface area contributed by atoms with E-state index in [1.165, 1.54) is 6.92 Å². The lowest BCUT2D eigenvalue weighted by Gasteiger charge is -2.10. The van der Waals surface area contributed by atoms with Crippen LogP contribution in [0.3, 0.4) is 0 Å². The molecule has 0 heterocycles. The number of carbonyl (C=O) groups is 1. The maximum absolute atomic E-state index is 10.8. The van der Waals surface area contributed by atoms with Crippen LogP contribution >= 0.6 is 0 Å². The monoisotopic (exact) mass is 204 g/mol. The van der Waals surface area contributed by atoms with Crippen LogP contribution < -0.4 is 10.6 Å². The first-order chi connectivity index (χ1) is 7.24. The van der Waals surface area contributed by atoms with Gasteiger partial charge in [0.15, 0.2) is 0 Å². The lowest BCUT2D eigenvalue weighted by molar-refractivity contribution is -0.119. The average Bonchev–Trinajstić information content (AvgIpc) is 2.24. The Kier molecular flexibility index (Phi) is 4.41. The molecule has 0 aliphatic heterocycles. The summed E-state index contributed by atoms with van der Waals surface area (Å²) in [6.45, 7) is 6.43. The first kappa shape index (κ1) is 11.3. The van der Waals surface area contributed by atoms with Gasteiger partial charge in [-0.05, 0) is 11.6 Å².